The summed E-state index contributed by atoms with van der Waals surface area (Å²) in [5.74, 6) is 2.06. The van der Waals surface area contributed by atoms with Gasteiger partial charge in [-0.25, -0.2) is 8.42 Å². The van der Waals surface area contributed by atoms with E-state index in [1.165, 1.54) is 0 Å². The van der Waals surface area contributed by atoms with Crippen molar-refractivity contribution >= 4 is 15.7 Å². The molecule has 3 aliphatic rings. The molecule has 1 aromatic heterocycles. The van der Waals surface area contributed by atoms with Crippen LogP contribution in [-0.4, -0.2) is 95.5 Å². The SMILES string of the molecule is CC(C)c1noc(CN2CCN(CC(=O)N(C3CCCC3)C3CCS(=O)(=O)C3)CC2)n1. The van der Waals surface area contributed by atoms with Crippen molar-refractivity contribution in [3.8, 4) is 0 Å². The molecule has 0 N–H and O–H groups in total. The lowest BCUT2D eigenvalue weighted by atomic mass is 10.1. The van der Waals surface area contributed by atoms with Crippen LogP contribution >= 0.6 is 0 Å². The van der Waals surface area contributed by atoms with Crippen LogP contribution in [0.1, 0.15) is 63.6 Å². The van der Waals surface area contributed by atoms with Crippen molar-refractivity contribution < 1.29 is 17.7 Å². The Kier molecular flexibility index (Phi) is 6.98. The predicted molar refractivity (Wildman–Crippen MR) is 116 cm³/mol. The van der Waals surface area contributed by atoms with Crippen LogP contribution in [0.4, 0.5) is 0 Å². The minimum absolute atomic E-state index is 0.0981. The molecule has 0 radical (unpaired) electrons. The van der Waals surface area contributed by atoms with Crippen molar-refractivity contribution in [2.24, 2.45) is 0 Å². The van der Waals surface area contributed by atoms with Gasteiger partial charge in [0, 0.05) is 44.2 Å². The maximum atomic E-state index is 13.3. The molecule has 1 unspecified atom stereocenters. The zero-order valence-corrected chi connectivity index (χ0v) is 19.5. The summed E-state index contributed by atoms with van der Waals surface area (Å²) in [5.41, 5.74) is 0. The fraction of sp³-hybridized carbons (Fsp3) is 0.857. The number of sulfone groups is 1. The molecule has 3 heterocycles. The molecule has 2 saturated heterocycles. The highest BCUT2D eigenvalue weighted by Gasteiger charge is 2.39. The van der Waals surface area contributed by atoms with Gasteiger partial charge in [0.05, 0.1) is 24.6 Å². The Labute approximate surface area is 185 Å². The van der Waals surface area contributed by atoms with Gasteiger partial charge in [-0.1, -0.05) is 31.8 Å². The Morgan fingerprint density at radius 1 is 1.10 bits per heavy atom. The summed E-state index contributed by atoms with van der Waals surface area (Å²) in [6, 6.07) is 0.0642. The van der Waals surface area contributed by atoms with Crippen LogP contribution in [0.2, 0.25) is 0 Å². The molecule has 1 aromatic rings. The van der Waals surface area contributed by atoms with Gasteiger partial charge in [-0.05, 0) is 19.3 Å². The third kappa shape index (κ3) is 5.64. The Hall–Kier alpha value is -1.52. The Morgan fingerprint density at radius 2 is 1.77 bits per heavy atom. The lowest BCUT2D eigenvalue weighted by Gasteiger charge is -2.38. The van der Waals surface area contributed by atoms with E-state index in [2.05, 4.69) is 19.9 Å². The monoisotopic (exact) mass is 453 g/mol. The van der Waals surface area contributed by atoms with Crippen LogP contribution in [0.5, 0.6) is 0 Å². The number of nitrogens with zero attached hydrogens (tertiary/aromatic N) is 5. The fourth-order valence-corrected chi connectivity index (χ4v) is 6.73. The summed E-state index contributed by atoms with van der Waals surface area (Å²) >= 11 is 0. The van der Waals surface area contributed by atoms with Crippen molar-refractivity contribution in [1.82, 2.24) is 24.8 Å². The van der Waals surface area contributed by atoms with Crippen LogP contribution in [0.15, 0.2) is 4.52 Å². The number of carbonyl (C=O) groups is 1. The standard InChI is InChI=1S/C21H35N5O4S/c1-16(2)21-22-19(30-23-21)13-24-8-10-25(11-9-24)14-20(27)26(17-5-3-4-6-17)18-7-12-31(28,29)15-18/h16-18H,3-15H2,1-2H3. The van der Waals surface area contributed by atoms with Gasteiger partial charge in [-0.2, -0.15) is 4.98 Å². The summed E-state index contributed by atoms with van der Waals surface area (Å²) < 4.78 is 29.4. The quantitative estimate of drug-likeness (QED) is 0.609. The summed E-state index contributed by atoms with van der Waals surface area (Å²) in [7, 11) is -3.01. The number of carbonyl (C=O) groups excluding carboxylic acids is 1. The van der Waals surface area contributed by atoms with Crippen LogP contribution in [0.3, 0.4) is 0 Å². The molecule has 9 nitrogen and oxygen atoms in total. The largest absolute Gasteiger partial charge is 0.338 e. The molecule has 1 atom stereocenters. The average molecular weight is 454 g/mol. The number of amides is 1. The zero-order valence-electron chi connectivity index (χ0n) is 18.7. The molecule has 2 aliphatic heterocycles. The molecule has 0 bridgehead atoms. The Bertz CT molecular complexity index is 857. The van der Waals surface area contributed by atoms with Crippen molar-refractivity contribution in [1.29, 1.82) is 0 Å². The molecule has 3 fully saturated rings. The van der Waals surface area contributed by atoms with Gasteiger partial charge in [0.25, 0.3) is 0 Å². The van der Waals surface area contributed by atoms with Gasteiger partial charge in [-0.3, -0.25) is 14.6 Å². The number of hydrogen-bond acceptors (Lipinski definition) is 8. The lowest BCUT2D eigenvalue weighted by molar-refractivity contribution is -0.137. The van der Waals surface area contributed by atoms with Crippen molar-refractivity contribution in [2.45, 2.75) is 70.5 Å². The highest BCUT2D eigenvalue weighted by molar-refractivity contribution is 7.91. The van der Waals surface area contributed by atoms with Crippen LogP contribution in [0.25, 0.3) is 0 Å². The average Bonchev–Trinajstić information content (AvgIpc) is 3.46. The number of piperazine rings is 1. The predicted octanol–water partition coefficient (Wildman–Crippen LogP) is 1.27. The molecule has 31 heavy (non-hydrogen) atoms. The summed E-state index contributed by atoms with van der Waals surface area (Å²) in [5, 5.41) is 4.02. The third-order valence-corrected chi connectivity index (χ3v) is 8.54. The minimum Gasteiger partial charge on any atom is -0.338 e. The van der Waals surface area contributed by atoms with E-state index < -0.39 is 9.84 Å². The van der Waals surface area contributed by atoms with E-state index in [0.29, 0.717) is 25.4 Å². The second-order valence-corrected chi connectivity index (χ2v) is 11.8. The Balaban J connectivity index is 1.30. The van der Waals surface area contributed by atoms with Crippen LogP contribution in [-0.2, 0) is 21.2 Å². The van der Waals surface area contributed by atoms with Crippen molar-refractivity contribution in [2.75, 3.05) is 44.2 Å². The fourth-order valence-electron chi connectivity index (χ4n) is 5.02. The lowest BCUT2D eigenvalue weighted by Crippen LogP contribution is -2.53. The highest BCUT2D eigenvalue weighted by Crippen LogP contribution is 2.29. The van der Waals surface area contributed by atoms with Gasteiger partial charge in [0.1, 0.15) is 0 Å². The Morgan fingerprint density at radius 3 is 2.35 bits per heavy atom. The van der Waals surface area contributed by atoms with Gasteiger partial charge < -0.3 is 9.42 Å². The van der Waals surface area contributed by atoms with Crippen LogP contribution < -0.4 is 0 Å². The summed E-state index contributed by atoms with van der Waals surface area (Å²) in [6.07, 6.45) is 4.83. The first-order valence-corrected chi connectivity index (χ1v) is 13.4. The van der Waals surface area contributed by atoms with E-state index >= 15 is 0 Å². The van der Waals surface area contributed by atoms with E-state index in [1.54, 1.807) is 0 Å². The maximum Gasteiger partial charge on any atom is 0.240 e. The first kappa shape index (κ1) is 22.7. The molecule has 1 amide bonds. The molecular formula is C21H35N5O4S. The third-order valence-electron chi connectivity index (χ3n) is 6.79. The smallest absolute Gasteiger partial charge is 0.240 e. The molecule has 0 aromatic carbocycles. The second kappa shape index (κ2) is 9.54. The maximum absolute atomic E-state index is 13.3. The van der Waals surface area contributed by atoms with Crippen molar-refractivity contribution in [3.05, 3.63) is 11.7 Å². The zero-order chi connectivity index (χ0) is 22.0. The second-order valence-electron chi connectivity index (χ2n) is 9.55. The van der Waals surface area contributed by atoms with E-state index in [1.807, 2.05) is 18.7 Å². The molecule has 174 valence electrons. The first-order chi connectivity index (χ1) is 14.8. The summed E-state index contributed by atoms with van der Waals surface area (Å²) in [4.78, 5) is 24.2. The van der Waals surface area contributed by atoms with Crippen molar-refractivity contribution in [3.63, 3.8) is 0 Å². The normalized spacial score (nSPS) is 25.5. The topological polar surface area (TPSA) is 99.9 Å². The molecular weight excluding hydrogens is 418 g/mol. The molecule has 1 aliphatic carbocycles. The van der Waals surface area contributed by atoms with Gasteiger partial charge in [0.2, 0.25) is 11.8 Å². The molecule has 0 spiro atoms. The highest BCUT2D eigenvalue weighted by atomic mass is 32.2. The summed E-state index contributed by atoms with van der Waals surface area (Å²) in [6.45, 7) is 8.38. The molecule has 1 saturated carbocycles. The van der Waals surface area contributed by atoms with Gasteiger partial charge in [0.15, 0.2) is 15.7 Å². The van der Waals surface area contributed by atoms with E-state index in [-0.39, 0.29) is 35.4 Å². The van der Waals surface area contributed by atoms with E-state index in [0.717, 1.165) is 57.7 Å². The van der Waals surface area contributed by atoms with Crippen LogP contribution in [0, 0.1) is 0 Å². The molecule has 4 rings (SSSR count). The van der Waals surface area contributed by atoms with Gasteiger partial charge >= 0.3 is 0 Å². The molecule has 10 heteroatoms. The van der Waals surface area contributed by atoms with E-state index in [4.69, 9.17) is 4.52 Å². The number of rotatable bonds is 7. The minimum atomic E-state index is -3.01. The number of aromatic nitrogens is 2. The number of hydrogen-bond donors (Lipinski definition) is 0. The van der Waals surface area contributed by atoms with Gasteiger partial charge in [-0.15, -0.1) is 0 Å². The van der Waals surface area contributed by atoms with E-state index in [9.17, 15) is 13.2 Å². The first-order valence-electron chi connectivity index (χ1n) is 11.6.